The second-order valence-corrected chi connectivity index (χ2v) is 7.38. The van der Waals surface area contributed by atoms with E-state index in [1.54, 1.807) is 20.8 Å². The van der Waals surface area contributed by atoms with Gasteiger partial charge in [0.25, 0.3) is 0 Å². The monoisotopic (exact) mass is 316 g/mol. The summed E-state index contributed by atoms with van der Waals surface area (Å²) in [7, 11) is 0. The summed E-state index contributed by atoms with van der Waals surface area (Å²) >= 11 is 0. The van der Waals surface area contributed by atoms with E-state index in [9.17, 15) is 14.7 Å². The first kappa shape index (κ1) is 18.7. The maximum atomic E-state index is 12.0. The van der Waals surface area contributed by atoms with Crippen LogP contribution >= 0.6 is 0 Å². The van der Waals surface area contributed by atoms with Crippen LogP contribution in [0.1, 0.15) is 47.5 Å². The summed E-state index contributed by atoms with van der Waals surface area (Å²) in [5, 5.41) is 21.9. The molecule has 1 fully saturated rings. The molecule has 1 heterocycles. The quantitative estimate of drug-likeness (QED) is 0.681. The molecule has 1 unspecified atom stereocenters. The fraction of sp³-hybridized carbons (Fsp3) is 0.867. The minimum Gasteiger partial charge on any atom is -0.481 e. The molecule has 0 aromatic heterocycles. The molecule has 1 saturated heterocycles. The third-order valence-electron chi connectivity index (χ3n) is 3.82. The van der Waals surface area contributed by atoms with Crippen molar-refractivity contribution in [3.8, 4) is 0 Å². The van der Waals surface area contributed by atoms with E-state index in [-0.39, 0.29) is 26.1 Å². The van der Waals surface area contributed by atoms with Crippen LogP contribution in [0.3, 0.4) is 0 Å². The lowest BCUT2D eigenvalue weighted by molar-refractivity contribution is -0.141. The van der Waals surface area contributed by atoms with E-state index in [0.717, 1.165) is 0 Å². The number of carbonyl (C=O) groups excluding carboxylic acids is 1. The van der Waals surface area contributed by atoms with E-state index in [2.05, 4.69) is 5.32 Å². The van der Waals surface area contributed by atoms with E-state index in [1.165, 1.54) is 4.90 Å². The largest absolute Gasteiger partial charge is 0.481 e. The number of amides is 1. The number of carboxylic acid groups (broad SMARTS) is 1. The van der Waals surface area contributed by atoms with Crippen molar-refractivity contribution in [2.75, 3.05) is 19.7 Å². The molecule has 22 heavy (non-hydrogen) atoms. The molecule has 1 amide bonds. The number of aliphatic carboxylic acids is 1. The topological polar surface area (TPSA) is 99.1 Å². The Labute approximate surface area is 131 Å². The van der Waals surface area contributed by atoms with Crippen LogP contribution in [0.4, 0.5) is 4.79 Å². The van der Waals surface area contributed by atoms with Crippen LogP contribution in [0.25, 0.3) is 0 Å². The second kappa shape index (κ2) is 6.42. The summed E-state index contributed by atoms with van der Waals surface area (Å²) in [6.45, 7) is 9.52. The summed E-state index contributed by atoms with van der Waals surface area (Å²) in [6, 6.07) is 0. The zero-order valence-corrected chi connectivity index (χ0v) is 14.1. The van der Waals surface area contributed by atoms with E-state index < -0.39 is 28.7 Å². The molecule has 0 saturated carbocycles. The van der Waals surface area contributed by atoms with Gasteiger partial charge < -0.3 is 25.2 Å². The van der Waals surface area contributed by atoms with Crippen LogP contribution in [-0.4, -0.2) is 63.6 Å². The van der Waals surface area contributed by atoms with Crippen LogP contribution in [-0.2, 0) is 9.53 Å². The molecule has 0 radical (unpaired) electrons. The molecule has 128 valence electrons. The van der Waals surface area contributed by atoms with Crippen molar-refractivity contribution in [3.63, 3.8) is 0 Å². The molecular formula is C15H28N2O5. The first-order valence-electron chi connectivity index (χ1n) is 7.54. The molecular weight excluding hydrogens is 288 g/mol. The van der Waals surface area contributed by atoms with Crippen LogP contribution in [0.15, 0.2) is 0 Å². The number of carbonyl (C=O) groups is 2. The predicted molar refractivity (Wildman–Crippen MR) is 81.7 cm³/mol. The molecule has 0 spiro atoms. The Kier molecular flexibility index (Phi) is 5.46. The molecule has 0 aliphatic carbocycles. The first-order valence-corrected chi connectivity index (χ1v) is 7.54. The molecule has 0 aromatic carbocycles. The van der Waals surface area contributed by atoms with E-state index in [0.29, 0.717) is 6.42 Å². The Hall–Kier alpha value is -1.34. The van der Waals surface area contributed by atoms with Gasteiger partial charge in [0.05, 0.1) is 18.6 Å². The van der Waals surface area contributed by atoms with Crippen LogP contribution < -0.4 is 5.32 Å². The Morgan fingerprint density at radius 1 is 1.27 bits per heavy atom. The average Bonchev–Trinajstić information content (AvgIpc) is 2.32. The number of nitrogens with zero attached hydrogens (tertiary/aromatic N) is 1. The molecule has 7 nitrogen and oxygen atoms in total. The van der Waals surface area contributed by atoms with Crippen molar-refractivity contribution in [3.05, 3.63) is 0 Å². The Morgan fingerprint density at radius 3 is 2.18 bits per heavy atom. The number of carboxylic acids is 1. The van der Waals surface area contributed by atoms with E-state index >= 15 is 0 Å². The fourth-order valence-corrected chi connectivity index (χ4v) is 2.54. The van der Waals surface area contributed by atoms with Crippen molar-refractivity contribution in [1.82, 2.24) is 10.2 Å². The van der Waals surface area contributed by atoms with E-state index in [1.807, 2.05) is 13.8 Å². The van der Waals surface area contributed by atoms with Gasteiger partial charge in [-0.2, -0.15) is 0 Å². The van der Waals surface area contributed by atoms with Crippen LogP contribution in [0, 0.1) is 0 Å². The van der Waals surface area contributed by atoms with Gasteiger partial charge in [0.2, 0.25) is 0 Å². The summed E-state index contributed by atoms with van der Waals surface area (Å²) in [5.74, 6) is -0.937. The lowest BCUT2D eigenvalue weighted by atomic mass is 9.82. The summed E-state index contributed by atoms with van der Waals surface area (Å²) in [6.07, 6.45) is 0.0941. The molecule has 3 N–H and O–H groups in total. The van der Waals surface area contributed by atoms with Crippen molar-refractivity contribution < 1.29 is 24.5 Å². The van der Waals surface area contributed by atoms with Crippen molar-refractivity contribution in [2.45, 2.75) is 64.1 Å². The number of hydrogen-bond acceptors (Lipinski definition) is 5. The Bertz CT molecular complexity index is 420. The van der Waals surface area contributed by atoms with Gasteiger partial charge in [-0.25, -0.2) is 4.79 Å². The van der Waals surface area contributed by atoms with Gasteiger partial charge in [-0.3, -0.25) is 4.79 Å². The third-order valence-corrected chi connectivity index (χ3v) is 3.82. The van der Waals surface area contributed by atoms with Gasteiger partial charge in [0.1, 0.15) is 5.60 Å². The lowest BCUT2D eigenvalue weighted by Gasteiger charge is -2.53. The van der Waals surface area contributed by atoms with Crippen LogP contribution in [0.5, 0.6) is 0 Å². The third kappa shape index (κ3) is 4.84. The number of aliphatic hydroxyl groups is 1. The van der Waals surface area contributed by atoms with Crippen molar-refractivity contribution in [1.29, 1.82) is 0 Å². The number of nitrogens with one attached hydrogen (secondary N) is 1. The van der Waals surface area contributed by atoms with E-state index in [4.69, 9.17) is 9.84 Å². The predicted octanol–water partition coefficient (Wildman–Crippen LogP) is 1.20. The highest BCUT2D eigenvalue weighted by molar-refractivity contribution is 5.73. The maximum absolute atomic E-state index is 12.0. The van der Waals surface area contributed by atoms with Gasteiger partial charge in [-0.15, -0.1) is 0 Å². The van der Waals surface area contributed by atoms with Gasteiger partial charge in [0, 0.05) is 18.6 Å². The SMILES string of the molecule is CCC(C)(CO)NC1(CC(=O)O)CN(C(=O)OC(C)(C)C)C1. The molecule has 1 aliphatic heterocycles. The Balaban J connectivity index is 2.75. The zero-order valence-electron chi connectivity index (χ0n) is 14.1. The fourth-order valence-electron chi connectivity index (χ4n) is 2.54. The highest BCUT2D eigenvalue weighted by Gasteiger charge is 2.50. The van der Waals surface area contributed by atoms with Gasteiger partial charge >= 0.3 is 12.1 Å². The molecule has 1 rings (SSSR count). The molecule has 1 atom stereocenters. The molecule has 7 heteroatoms. The van der Waals surface area contributed by atoms with Gasteiger partial charge in [0.15, 0.2) is 0 Å². The highest BCUT2D eigenvalue weighted by atomic mass is 16.6. The second-order valence-electron chi connectivity index (χ2n) is 7.38. The summed E-state index contributed by atoms with van der Waals surface area (Å²) in [5.41, 5.74) is -1.88. The van der Waals surface area contributed by atoms with Crippen LogP contribution in [0.2, 0.25) is 0 Å². The number of hydrogen-bond donors (Lipinski definition) is 3. The zero-order chi connectivity index (χ0) is 17.2. The van der Waals surface area contributed by atoms with Gasteiger partial charge in [-0.1, -0.05) is 6.92 Å². The van der Waals surface area contributed by atoms with Gasteiger partial charge in [-0.05, 0) is 34.1 Å². The maximum Gasteiger partial charge on any atom is 0.410 e. The number of likely N-dealkylation sites (tertiary alicyclic amines) is 1. The minimum atomic E-state index is -0.937. The molecule has 0 bridgehead atoms. The normalized spacial score (nSPS) is 20.0. The molecule has 1 aliphatic rings. The number of ether oxygens (including phenoxy) is 1. The molecule has 0 aromatic rings. The average molecular weight is 316 g/mol. The highest BCUT2D eigenvalue weighted by Crippen LogP contribution is 2.29. The summed E-state index contributed by atoms with van der Waals surface area (Å²) < 4.78 is 5.29. The Morgan fingerprint density at radius 2 is 1.82 bits per heavy atom. The first-order chi connectivity index (χ1) is 9.94. The number of rotatable bonds is 6. The lowest BCUT2D eigenvalue weighted by Crippen LogP contribution is -2.75. The number of aliphatic hydroxyl groups excluding tert-OH is 1. The smallest absolute Gasteiger partial charge is 0.410 e. The van der Waals surface area contributed by atoms with Crippen molar-refractivity contribution >= 4 is 12.1 Å². The van der Waals surface area contributed by atoms with Crippen molar-refractivity contribution in [2.24, 2.45) is 0 Å². The standard InChI is InChI=1S/C15H28N2O5/c1-6-14(5,10-18)16-15(7-11(19)20)8-17(9-15)12(21)22-13(2,3)4/h16,18H,6-10H2,1-5H3,(H,19,20). The summed E-state index contributed by atoms with van der Waals surface area (Å²) in [4.78, 5) is 24.6. The minimum absolute atomic E-state index is 0.0999.